The second kappa shape index (κ2) is 10.7. The summed E-state index contributed by atoms with van der Waals surface area (Å²) in [7, 11) is 1.72. The van der Waals surface area contributed by atoms with E-state index in [1.54, 1.807) is 25.4 Å². The van der Waals surface area contributed by atoms with Gasteiger partial charge >= 0.3 is 0 Å². The van der Waals surface area contributed by atoms with Crippen LogP contribution in [0.1, 0.15) is 38.5 Å². The molecule has 176 valence electrons. The molecule has 0 radical (unpaired) electrons. The van der Waals surface area contributed by atoms with E-state index in [-0.39, 0.29) is 11.2 Å². The summed E-state index contributed by atoms with van der Waals surface area (Å²) in [6.07, 6.45) is 7.70. The smallest absolute Gasteiger partial charge is 0.146 e. The monoisotopic (exact) mass is 471 g/mol. The van der Waals surface area contributed by atoms with Crippen LogP contribution in [0.15, 0.2) is 30.5 Å². The van der Waals surface area contributed by atoms with Crippen molar-refractivity contribution >= 4 is 23.1 Å². The zero-order chi connectivity index (χ0) is 23.3. The summed E-state index contributed by atoms with van der Waals surface area (Å²) >= 11 is 6.46. The van der Waals surface area contributed by atoms with Crippen molar-refractivity contribution < 1.29 is 9.13 Å². The molecule has 0 amide bonds. The first kappa shape index (κ1) is 23.7. The third-order valence-corrected chi connectivity index (χ3v) is 6.96. The molecule has 0 bridgehead atoms. The molecule has 6 nitrogen and oxygen atoms in total. The number of halogens is 2. The Morgan fingerprint density at radius 3 is 2.67 bits per heavy atom. The lowest BCUT2D eigenvalue weighted by Gasteiger charge is -2.30. The zero-order valence-electron chi connectivity index (χ0n) is 19.0. The summed E-state index contributed by atoms with van der Waals surface area (Å²) in [4.78, 5) is 4.47. The Labute approximate surface area is 199 Å². The first-order chi connectivity index (χ1) is 16.0. The zero-order valence-corrected chi connectivity index (χ0v) is 19.7. The Morgan fingerprint density at radius 1 is 1.21 bits per heavy atom. The molecule has 2 aromatic rings. The number of methoxy groups -OCH3 is 1. The molecule has 1 aromatic carbocycles. The van der Waals surface area contributed by atoms with E-state index in [4.69, 9.17) is 16.3 Å². The van der Waals surface area contributed by atoms with Crippen molar-refractivity contribution in [1.82, 2.24) is 10.3 Å². The predicted molar refractivity (Wildman–Crippen MR) is 130 cm³/mol. The van der Waals surface area contributed by atoms with Crippen LogP contribution in [-0.2, 0) is 4.74 Å². The summed E-state index contributed by atoms with van der Waals surface area (Å²) < 4.78 is 19.5. The molecule has 0 aliphatic heterocycles. The minimum atomic E-state index is -0.355. The minimum Gasteiger partial charge on any atom is -0.383 e. The van der Waals surface area contributed by atoms with Crippen LogP contribution in [0.4, 0.5) is 15.9 Å². The maximum atomic E-state index is 14.4. The molecule has 0 unspecified atom stereocenters. The molecular formula is C25H31ClFN5O. The van der Waals surface area contributed by atoms with Gasteiger partial charge in [-0.15, -0.1) is 0 Å². The normalized spacial score (nSPS) is 21.3. The average molecular weight is 472 g/mol. The third kappa shape index (κ3) is 6.14. The number of aromatic nitrogens is 1. The standard InChI is InChI=1S/C25H31ClFN5O/c1-33-11-10-29-18-3-5-19(6-4-18)32-24-13-20(21(26)14-30-24)17-2-7-22(27)23(12-17)31-16-25(15-28)8-9-25/h2,7,12-14,18-19,29,31H,3-6,8-11,16H2,1H3,(H,30,32)/t18-,19-. The number of pyridine rings is 1. The maximum absolute atomic E-state index is 14.4. The van der Waals surface area contributed by atoms with Crippen molar-refractivity contribution in [2.75, 3.05) is 37.4 Å². The van der Waals surface area contributed by atoms with E-state index < -0.39 is 0 Å². The van der Waals surface area contributed by atoms with E-state index in [0.29, 0.717) is 29.3 Å². The number of nitrogens with one attached hydrogen (secondary N) is 3. The van der Waals surface area contributed by atoms with Crippen molar-refractivity contribution in [3.8, 4) is 17.2 Å². The highest BCUT2D eigenvalue weighted by Gasteiger charge is 2.43. The molecule has 1 heterocycles. The van der Waals surface area contributed by atoms with Gasteiger partial charge in [0, 0.05) is 44.0 Å². The van der Waals surface area contributed by atoms with Crippen LogP contribution in [-0.4, -0.2) is 43.9 Å². The van der Waals surface area contributed by atoms with Crippen molar-refractivity contribution in [2.24, 2.45) is 5.41 Å². The van der Waals surface area contributed by atoms with Crippen LogP contribution in [0.25, 0.3) is 11.1 Å². The number of nitriles is 1. The summed E-state index contributed by atoms with van der Waals surface area (Å²) in [5, 5.41) is 20.0. The van der Waals surface area contributed by atoms with Gasteiger partial charge in [-0.25, -0.2) is 9.37 Å². The molecule has 2 aliphatic rings. The summed E-state index contributed by atoms with van der Waals surface area (Å²) in [6, 6.07) is 10.1. The molecule has 2 saturated carbocycles. The first-order valence-corrected chi connectivity index (χ1v) is 12.0. The van der Waals surface area contributed by atoms with Crippen LogP contribution in [0.2, 0.25) is 5.02 Å². The van der Waals surface area contributed by atoms with Crippen LogP contribution in [0, 0.1) is 22.6 Å². The van der Waals surface area contributed by atoms with Crippen LogP contribution in [0.5, 0.6) is 0 Å². The largest absolute Gasteiger partial charge is 0.383 e. The Balaban J connectivity index is 1.40. The summed E-state index contributed by atoms with van der Waals surface area (Å²) in [5.41, 5.74) is 1.64. The van der Waals surface area contributed by atoms with Gasteiger partial charge in [-0.05, 0) is 62.3 Å². The Bertz CT molecular complexity index is 999. The molecule has 0 saturated heterocycles. The van der Waals surface area contributed by atoms with Gasteiger partial charge in [-0.2, -0.15) is 5.26 Å². The maximum Gasteiger partial charge on any atom is 0.146 e. The summed E-state index contributed by atoms with van der Waals surface area (Å²) in [6.45, 7) is 2.06. The number of rotatable bonds is 10. The fourth-order valence-corrected chi connectivity index (χ4v) is 4.54. The molecule has 3 N–H and O–H groups in total. The minimum absolute atomic E-state index is 0.341. The van der Waals surface area contributed by atoms with E-state index in [1.807, 2.05) is 6.07 Å². The lowest BCUT2D eigenvalue weighted by molar-refractivity contribution is 0.191. The lowest BCUT2D eigenvalue weighted by atomic mass is 9.91. The van der Waals surface area contributed by atoms with Crippen LogP contribution < -0.4 is 16.0 Å². The fourth-order valence-electron chi connectivity index (χ4n) is 4.33. The van der Waals surface area contributed by atoms with E-state index in [2.05, 4.69) is 27.0 Å². The highest BCUT2D eigenvalue weighted by molar-refractivity contribution is 6.33. The number of ether oxygens (including phenoxy) is 1. The molecule has 8 heteroatoms. The highest BCUT2D eigenvalue weighted by Crippen LogP contribution is 2.45. The van der Waals surface area contributed by atoms with E-state index >= 15 is 0 Å². The van der Waals surface area contributed by atoms with Crippen LogP contribution in [0.3, 0.4) is 0 Å². The van der Waals surface area contributed by atoms with Gasteiger partial charge in [0.05, 0.1) is 28.8 Å². The molecule has 0 spiro atoms. The molecular weight excluding hydrogens is 441 g/mol. The SMILES string of the molecule is COCCN[C@H]1CC[C@H](Nc2cc(-c3ccc(F)c(NCC4(C#N)CC4)c3)c(Cl)cn2)CC1. The van der Waals surface area contributed by atoms with Crippen molar-refractivity contribution in [1.29, 1.82) is 5.26 Å². The van der Waals surface area contributed by atoms with E-state index in [0.717, 1.165) is 68.6 Å². The predicted octanol–water partition coefficient (Wildman–Crippen LogP) is 5.22. The van der Waals surface area contributed by atoms with Gasteiger partial charge in [0.2, 0.25) is 0 Å². The number of hydrogen-bond acceptors (Lipinski definition) is 6. The van der Waals surface area contributed by atoms with E-state index in [1.165, 1.54) is 6.07 Å². The molecule has 2 aliphatic carbocycles. The van der Waals surface area contributed by atoms with E-state index in [9.17, 15) is 9.65 Å². The van der Waals surface area contributed by atoms with Crippen molar-refractivity contribution in [3.05, 3.63) is 41.3 Å². The second-order valence-corrected chi connectivity index (χ2v) is 9.54. The number of benzene rings is 1. The van der Waals surface area contributed by atoms with Crippen molar-refractivity contribution in [3.63, 3.8) is 0 Å². The number of nitrogens with zero attached hydrogens (tertiary/aromatic N) is 2. The van der Waals surface area contributed by atoms with Crippen LogP contribution >= 0.6 is 11.6 Å². The van der Waals surface area contributed by atoms with Gasteiger partial charge in [-0.3, -0.25) is 0 Å². The molecule has 2 fully saturated rings. The molecule has 33 heavy (non-hydrogen) atoms. The van der Waals surface area contributed by atoms with Gasteiger partial charge in [0.15, 0.2) is 0 Å². The Kier molecular flexibility index (Phi) is 7.69. The quantitative estimate of drug-likeness (QED) is 0.412. The van der Waals surface area contributed by atoms with Gasteiger partial charge < -0.3 is 20.7 Å². The van der Waals surface area contributed by atoms with Gasteiger partial charge in [0.1, 0.15) is 11.6 Å². The highest BCUT2D eigenvalue weighted by atomic mass is 35.5. The Morgan fingerprint density at radius 2 is 1.97 bits per heavy atom. The number of anilines is 2. The average Bonchev–Trinajstić information content (AvgIpc) is 3.62. The first-order valence-electron chi connectivity index (χ1n) is 11.6. The summed E-state index contributed by atoms with van der Waals surface area (Å²) in [5.74, 6) is 0.428. The Hall–Kier alpha value is -2.40. The fraction of sp³-hybridized carbons (Fsp3) is 0.520. The molecule has 1 aromatic heterocycles. The van der Waals surface area contributed by atoms with Gasteiger partial charge in [0.25, 0.3) is 0 Å². The lowest BCUT2D eigenvalue weighted by Crippen LogP contribution is -2.38. The molecule has 0 atom stereocenters. The number of hydrogen-bond donors (Lipinski definition) is 3. The molecule has 4 rings (SSSR count). The topological polar surface area (TPSA) is 82.0 Å². The second-order valence-electron chi connectivity index (χ2n) is 9.13. The van der Waals surface area contributed by atoms with Crippen molar-refractivity contribution in [2.45, 2.75) is 50.6 Å². The third-order valence-electron chi connectivity index (χ3n) is 6.66. The van der Waals surface area contributed by atoms with Gasteiger partial charge in [-0.1, -0.05) is 17.7 Å².